The predicted molar refractivity (Wildman–Crippen MR) is 74.2 cm³/mol. The molecule has 6 heteroatoms. The van der Waals surface area contributed by atoms with Gasteiger partial charge in [0.15, 0.2) is 0 Å². The van der Waals surface area contributed by atoms with Gasteiger partial charge in [-0.05, 0) is 25.0 Å². The first-order valence-corrected chi connectivity index (χ1v) is 6.75. The van der Waals surface area contributed by atoms with Gasteiger partial charge in [0.25, 0.3) is 5.69 Å². The van der Waals surface area contributed by atoms with Crippen LogP contribution in [0.15, 0.2) is 24.3 Å². The summed E-state index contributed by atoms with van der Waals surface area (Å²) in [7, 11) is 1.68. The lowest BCUT2D eigenvalue weighted by atomic mass is 10.2. The van der Waals surface area contributed by atoms with E-state index >= 15 is 0 Å². The van der Waals surface area contributed by atoms with Gasteiger partial charge in [-0.25, -0.2) is 0 Å². The van der Waals surface area contributed by atoms with Crippen LogP contribution < -0.4 is 4.90 Å². The highest BCUT2D eigenvalue weighted by molar-refractivity contribution is 9.09. The maximum absolute atomic E-state index is 11.8. The van der Waals surface area contributed by atoms with Crippen molar-refractivity contribution >= 4 is 33.2 Å². The normalized spacial score (nSPS) is 10.1. The van der Waals surface area contributed by atoms with Crippen LogP contribution in [0.3, 0.4) is 0 Å². The fourth-order valence-corrected chi connectivity index (χ4v) is 1.88. The summed E-state index contributed by atoms with van der Waals surface area (Å²) in [6.45, 7) is 0. The Hall–Kier alpha value is -1.43. The molecule has 1 rings (SSSR count). The van der Waals surface area contributed by atoms with Crippen LogP contribution in [-0.4, -0.2) is 23.2 Å². The van der Waals surface area contributed by atoms with Crippen molar-refractivity contribution in [3.8, 4) is 0 Å². The molecule has 5 nitrogen and oxygen atoms in total. The van der Waals surface area contributed by atoms with E-state index in [4.69, 9.17) is 0 Å². The summed E-state index contributed by atoms with van der Waals surface area (Å²) >= 11 is 3.31. The summed E-state index contributed by atoms with van der Waals surface area (Å²) in [5.74, 6) is 0.0183. The highest BCUT2D eigenvalue weighted by Crippen LogP contribution is 2.19. The maximum atomic E-state index is 11.8. The molecule has 0 unspecified atom stereocenters. The second-order valence-electron chi connectivity index (χ2n) is 3.87. The van der Waals surface area contributed by atoms with E-state index < -0.39 is 4.92 Å². The first-order chi connectivity index (χ1) is 8.56. The van der Waals surface area contributed by atoms with Crippen LogP contribution in [0.25, 0.3) is 0 Å². The van der Waals surface area contributed by atoms with Crippen LogP contribution in [0, 0.1) is 10.1 Å². The van der Waals surface area contributed by atoms with Gasteiger partial charge >= 0.3 is 0 Å². The monoisotopic (exact) mass is 314 g/mol. The van der Waals surface area contributed by atoms with Crippen molar-refractivity contribution in [1.82, 2.24) is 0 Å². The molecule has 0 aliphatic carbocycles. The average Bonchev–Trinajstić information content (AvgIpc) is 2.38. The summed E-state index contributed by atoms with van der Waals surface area (Å²) in [6.07, 6.45) is 2.28. The molecular weight excluding hydrogens is 300 g/mol. The number of anilines is 1. The fourth-order valence-electron chi connectivity index (χ4n) is 1.48. The van der Waals surface area contributed by atoms with Gasteiger partial charge in [0.05, 0.1) is 4.92 Å². The average molecular weight is 315 g/mol. The lowest BCUT2D eigenvalue weighted by Gasteiger charge is -2.16. The number of carbonyl (C=O) groups excluding carboxylic acids is 1. The third-order valence-corrected chi connectivity index (χ3v) is 3.16. The number of benzene rings is 1. The molecule has 0 atom stereocenters. The zero-order valence-electron chi connectivity index (χ0n) is 10.1. The molecule has 98 valence electrons. The molecule has 18 heavy (non-hydrogen) atoms. The first-order valence-electron chi connectivity index (χ1n) is 5.63. The molecule has 1 amide bonds. The Bertz CT molecular complexity index is 420. The molecule has 0 aliphatic heterocycles. The molecule has 0 saturated carbocycles. The number of nitro groups is 1. The van der Waals surface area contributed by atoms with Crippen molar-refractivity contribution in [1.29, 1.82) is 0 Å². The lowest BCUT2D eigenvalue weighted by molar-refractivity contribution is -0.384. The number of non-ortho nitro benzene ring substituents is 1. The summed E-state index contributed by atoms with van der Waals surface area (Å²) in [4.78, 5) is 23.4. The standard InChI is InChI=1S/C12H15BrN2O3/c1-14(12(16)4-2-3-9-13)10-5-7-11(8-6-10)15(17)18/h5-8H,2-4,9H2,1H3. The third-order valence-electron chi connectivity index (χ3n) is 2.60. The minimum atomic E-state index is -0.457. The topological polar surface area (TPSA) is 63.5 Å². The number of nitrogens with zero attached hydrogens (tertiary/aromatic N) is 2. The van der Waals surface area contributed by atoms with Gasteiger partial charge in [-0.3, -0.25) is 14.9 Å². The second-order valence-corrected chi connectivity index (χ2v) is 4.67. The third kappa shape index (κ3) is 4.10. The first kappa shape index (κ1) is 14.6. The number of hydrogen-bond acceptors (Lipinski definition) is 3. The SMILES string of the molecule is CN(C(=O)CCCCBr)c1ccc([N+](=O)[O-])cc1. The number of hydrogen-bond donors (Lipinski definition) is 0. The van der Waals surface area contributed by atoms with Gasteiger partial charge in [0.2, 0.25) is 5.91 Å². The zero-order chi connectivity index (χ0) is 13.5. The Morgan fingerprint density at radius 2 is 1.94 bits per heavy atom. The Morgan fingerprint density at radius 1 is 1.33 bits per heavy atom. The fraction of sp³-hybridized carbons (Fsp3) is 0.417. The smallest absolute Gasteiger partial charge is 0.269 e. The maximum Gasteiger partial charge on any atom is 0.269 e. The van der Waals surface area contributed by atoms with E-state index in [1.807, 2.05) is 0 Å². The van der Waals surface area contributed by atoms with Crippen LogP contribution in [0.1, 0.15) is 19.3 Å². The van der Waals surface area contributed by atoms with E-state index in [1.54, 1.807) is 19.2 Å². The van der Waals surface area contributed by atoms with E-state index in [-0.39, 0.29) is 11.6 Å². The van der Waals surface area contributed by atoms with Crippen LogP contribution in [0.5, 0.6) is 0 Å². The van der Waals surface area contributed by atoms with Crippen molar-refractivity contribution in [3.63, 3.8) is 0 Å². The van der Waals surface area contributed by atoms with Crippen LogP contribution in [0.2, 0.25) is 0 Å². The molecule has 0 N–H and O–H groups in total. The molecule has 0 radical (unpaired) electrons. The number of unbranched alkanes of at least 4 members (excludes halogenated alkanes) is 1. The highest BCUT2D eigenvalue weighted by Gasteiger charge is 2.12. The van der Waals surface area contributed by atoms with E-state index in [0.29, 0.717) is 12.1 Å². The number of carbonyl (C=O) groups is 1. The number of rotatable bonds is 6. The Kier molecular flexibility index (Phi) is 5.77. The molecule has 1 aromatic rings. The van der Waals surface area contributed by atoms with Gasteiger partial charge in [0.1, 0.15) is 0 Å². The molecule has 0 fully saturated rings. The van der Waals surface area contributed by atoms with Crippen molar-refractivity contribution in [2.75, 3.05) is 17.3 Å². The van der Waals surface area contributed by atoms with Gasteiger partial charge in [-0.2, -0.15) is 0 Å². The van der Waals surface area contributed by atoms with E-state index in [1.165, 1.54) is 17.0 Å². The van der Waals surface area contributed by atoms with E-state index in [2.05, 4.69) is 15.9 Å². The number of halogens is 1. The number of alkyl halides is 1. The van der Waals surface area contributed by atoms with Gasteiger partial charge in [-0.15, -0.1) is 0 Å². The Labute approximate surface area is 114 Å². The highest BCUT2D eigenvalue weighted by atomic mass is 79.9. The zero-order valence-corrected chi connectivity index (χ0v) is 11.7. The van der Waals surface area contributed by atoms with Crippen molar-refractivity contribution < 1.29 is 9.72 Å². The summed E-state index contributed by atoms with van der Waals surface area (Å²) in [6, 6.07) is 5.97. The molecule has 0 bridgehead atoms. The van der Waals surface area contributed by atoms with Crippen molar-refractivity contribution in [3.05, 3.63) is 34.4 Å². The van der Waals surface area contributed by atoms with Crippen LogP contribution >= 0.6 is 15.9 Å². The molecular formula is C12H15BrN2O3. The minimum Gasteiger partial charge on any atom is -0.315 e. The molecule has 0 saturated heterocycles. The largest absolute Gasteiger partial charge is 0.315 e. The summed E-state index contributed by atoms with van der Waals surface area (Å²) in [5, 5.41) is 11.4. The predicted octanol–water partition coefficient (Wildman–Crippen LogP) is 3.12. The van der Waals surface area contributed by atoms with Gasteiger partial charge in [0, 0.05) is 36.6 Å². The molecule has 0 aliphatic rings. The summed E-state index contributed by atoms with van der Waals surface area (Å²) < 4.78 is 0. The molecule has 1 aromatic carbocycles. The Balaban J connectivity index is 2.63. The minimum absolute atomic E-state index is 0.0183. The number of nitro benzene ring substituents is 1. The quantitative estimate of drug-likeness (QED) is 0.351. The van der Waals surface area contributed by atoms with Crippen molar-refractivity contribution in [2.24, 2.45) is 0 Å². The van der Waals surface area contributed by atoms with E-state index in [9.17, 15) is 14.9 Å². The Morgan fingerprint density at radius 3 is 2.44 bits per heavy atom. The number of amides is 1. The van der Waals surface area contributed by atoms with Crippen molar-refractivity contribution in [2.45, 2.75) is 19.3 Å². The van der Waals surface area contributed by atoms with E-state index in [0.717, 1.165) is 18.2 Å². The van der Waals surface area contributed by atoms with Gasteiger partial charge < -0.3 is 4.90 Å². The van der Waals surface area contributed by atoms with Crippen LogP contribution in [0.4, 0.5) is 11.4 Å². The molecule has 0 heterocycles. The van der Waals surface area contributed by atoms with Crippen LogP contribution in [-0.2, 0) is 4.79 Å². The second kappa shape index (κ2) is 7.10. The summed E-state index contributed by atoms with van der Waals surface area (Å²) in [5.41, 5.74) is 0.698. The lowest BCUT2D eigenvalue weighted by Crippen LogP contribution is -2.25. The molecule has 0 aromatic heterocycles. The molecule has 0 spiro atoms. The van der Waals surface area contributed by atoms with Gasteiger partial charge in [-0.1, -0.05) is 15.9 Å².